The van der Waals surface area contributed by atoms with Crippen molar-refractivity contribution in [2.24, 2.45) is 0 Å². The Labute approximate surface area is 108 Å². The first-order chi connectivity index (χ1) is 8.63. The molecule has 0 aliphatic carbocycles. The molecule has 1 aliphatic heterocycles. The number of amides is 1. The van der Waals surface area contributed by atoms with Gasteiger partial charge in [-0.1, -0.05) is 18.9 Å². The molecular formula is C13H22N2O3. The van der Waals surface area contributed by atoms with Crippen LogP contribution in [0.25, 0.3) is 0 Å². The summed E-state index contributed by atoms with van der Waals surface area (Å²) in [6.07, 6.45) is 6.07. The van der Waals surface area contributed by atoms with Crippen LogP contribution in [-0.4, -0.2) is 59.5 Å². The molecule has 1 saturated heterocycles. The lowest BCUT2D eigenvalue weighted by atomic mass is 10.2. The number of carbonyl (C=O) groups excluding carboxylic acids is 1. The van der Waals surface area contributed by atoms with Gasteiger partial charge in [0.15, 0.2) is 0 Å². The van der Waals surface area contributed by atoms with Gasteiger partial charge in [-0.05, 0) is 12.8 Å². The van der Waals surface area contributed by atoms with Crippen molar-refractivity contribution in [2.75, 3.05) is 32.7 Å². The van der Waals surface area contributed by atoms with Gasteiger partial charge in [-0.2, -0.15) is 0 Å². The third kappa shape index (κ3) is 5.31. The summed E-state index contributed by atoms with van der Waals surface area (Å²) >= 11 is 0. The molecule has 1 fully saturated rings. The molecule has 0 saturated carbocycles. The second kappa shape index (κ2) is 7.87. The summed E-state index contributed by atoms with van der Waals surface area (Å²) < 4.78 is 0. The summed E-state index contributed by atoms with van der Waals surface area (Å²) in [7, 11) is 0. The number of carboxylic acid groups (broad SMARTS) is 1. The Kier molecular flexibility index (Phi) is 6.43. The van der Waals surface area contributed by atoms with Crippen molar-refractivity contribution in [3.8, 4) is 0 Å². The van der Waals surface area contributed by atoms with E-state index in [1.165, 1.54) is 12.8 Å². The van der Waals surface area contributed by atoms with Gasteiger partial charge in [0.2, 0.25) is 5.91 Å². The van der Waals surface area contributed by atoms with Gasteiger partial charge in [0.25, 0.3) is 0 Å². The van der Waals surface area contributed by atoms with E-state index in [-0.39, 0.29) is 19.0 Å². The molecule has 1 heterocycles. The molecule has 102 valence electrons. The van der Waals surface area contributed by atoms with Crippen LogP contribution in [0.4, 0.5) is 0 Å². The maximum atomic E-state index is 12.1. The number of aliphatic carboxylic acids is 1. The lowest BCUT2D eigenvalue weighted by molar-refractivity contribution is -0.139. The van der Waals surface area contributed by atoms with Gasteiger partial charge in [-0.3, -0.25) is 14.5 Å². The number of likely N-dealkylation sites (tertiary alicyclic amines) is 1. The molecule has 18 heavy (non-hydrogen) atoms. The molecule has 0 atom stereocenters. The second-order valence-corrected chi connectivity index (χ2v) is 4.65. The Morgan fingerprint density at radius 1 is 1.17 bits per heavy atom. The molecule has 5 nitrogen and oxygen atoms in total. The van der Waals surface area contributed by atoms with Gasteiger partial charge in [-0.25, -0.2) is 0 Å². The molecule has 0 unspecified atom stereocenters. The standard InChI is InChI=1S/C13H22N2O3/c1-2-7-14(11-13(17)18)10-12(16)15-8-5-3-4-6-9-15/h2H,1,3-11H2,(H,17,18). The number of nitrogens with zero attached hydrogens (tertiary/aromatic N) is 2. The van der Waals surface area contributed by atoms with Crippen LogP contribution < -0.4 is 0 Å². The zero-order chi connectivity index (χ0) is 13.4. The molecule has 0 aromatic rings. The van der Waals surface area contributed by atoms with Crippen LogP contribution in [-0.2, 0) is 9.59 Å². The number of hydrogen-bond donors (Lipinski definition) is 1. The molecule has 1 N–H and O–H groups in total. The van der Waals surface area contributed by atoms with Gasteiger partial charge in [0, 0.05) is 19.6 Å². The van der Waals surface area contributed by atoms with Crippen molar-refractivity contribution >= 4 is 11.9 Å². The Hall–Kier alpha value is -1.36. The lowest BCUT2D eigenvalue weighted by Crippen LogP contribution is -2.42. The van der Waals surface area contributed by atoms with Crippen LogP contribution >= 0.6 is 0 Å². The maximum Gasteiger partial charge on any atom is 0.317 e. The Morgan fingerprint density at radius 3 is 2.28 bits per heavy atom. The fraction of sp³-hybridized carbons (Fsp3) is 0.692. The van der Waals surface area contributed by atoms with Crippen molar-refractivity contribution < 1.29 is 14.7 Å². The van der Waals surface area contributed by atoms with E-state index in [0.29, 0.717) is 6.54 Å². The Bertz CT molecular complexity index is 297. The minimum atomic E-state index is -0.916. The molecule has 0 aromatic heterocycles. The number of rotatable bonds is 6. The molecule has 1 aliphatic rings. The predicted molar refractivity (Wildman–Crippen MR) is 69.3 cm³/mol. The molecular weight excluding hydrogens is 232 g/mol. The SMILES string of the molecule is C=CCN(CC(=O)O)CC(=O)N1CCCCCC1. The third-order valence-corrected chi connectivity index (χ3v) is 3.06. The van der Waals surface area contributed by atoms with E-state index in [0.717, 1.165) is 25.9 Å². The van der Waals surface area contributed by atoms with E-state index >= 15 is 0 Å². The van der Waals surface area contributed by atoms with Crippen LogP contribution in [0.5, 0.6) is 0 Å². The van der Waals surface area contributed by atoms with E-state index < -0.39 is 5.97 Å². The molecule has 0 radical (unpaired) electrons. The van der Waals surface area contributed by atoms with Crippen molar-refractivity contribution in [2.45, 2.75) is 25.7 Å². The fourth-order valence-electron chi connectivity index (χ4n) is 2.17. The average molecular weight is 254 g/mol. The summed E-state index contributed by atoms with van der Waals surface area (Å²) in [6.45, 7) is 5.65. The molecule has 1 rings (SSSR count). The number of carboxylic acids is 1. The van der Waals surface area contributed by atoms with E-state index in [2.05, 4.69) is 6.58 Å². The average Bonchev–Trinajstić information content (AvgIpc) is 2.56. The Balaban J connectivity index is 2.47. The van der Waals surface area contributed by atoms with Gasteiger partial charge < -0.3 is 10.0 Å². The number of carbonyl (C=O) groups is 2. The van der Waals surface area contributed by atoms with E-state index in [9.17, 15) is 9.59 Å². The minimum Gasteiger partial charge on any atom is -0.480 e. The molecule has 0 aromatic carbocycles. The van der Waals surface area contributed by atoms with E-state index in [1.807, 2.05) is 4.90 Å². The van der Waals surface area contributed by atoms with E-state index in [1.54, 1.807) is 11.0 Å². The van der Waals surface area contributed by atoms with Crippen LogP contribution in [0.2, 0.25) is 0 Å². The van der Waals surface area contributed by atoms with Gasteiger partial charge >= 0.3 is 5.97 Å². The minimum absolute atomic E-state index is 0.0278. The second-order valence-electron chi connectivity index (χ2n) is 4.65. The summed E-state index contributed by atoms with van der Waals surface area (Å²) in [5.74, 6) is -0.888. The Morgan fingerprint density at radius 2 is 1.78 bits per heavy atom. The smallest absolute Gasteiger partial charge is 0.317 e. The van der Waals surface area contributed by atoms with Gasteiger partial charge in [0.1, 0.15) is 0 Å². The van der Waals surface area contributed by atoms with Gasteiger partial charge in [-0.15, -0.1) is 6.58 Å². The highest BCUT2D eigenvalue weighted by Crippen LogP contribution is 2.10. The molecule has 0 spiro atoms. The summed E-state index contributed by atoms with van der Waals surface area (Å²) in [4.78, 5) is 26.2. The summed E-state index contributed by atoms with van der Waals surface area (Å²) in [5, 5.41) is 8.78. The van der Waals surface area contributed by atoms with Crippen LogP contribution in [0.15, 0.2) is 12.7 Å². The molecule has 5 heteroatoms. The summed E-state index contributed by atoms with van der Waals surface area (Å²) in [6, 6.07) is 0. The normalized spacial score (nSPS) is 16.4. The van der Waals surface area contributed by atoms with Gasteiger partial charge in [0.05, 0.1) is 13.1 Å². The first-order valence-electron chi connectivity index (χ1n) is 6.46. The van der Waals surface area contributed by atoms with Crippen LogP contribution in [0, 0.1) is 0 Å². The highest BCUT2D eigenvalue weighted by Gasteiger charge is 2.19. The van der Waals surface area contributed by atoms with Crippen molar-refractivity contribution in [3.05, 3.63) is 12.7 Å². The molecule has 1 amide bonds. The van der Waals surface area contributed by atoms with Crippen molar-refractivity contribution in [1.29, 1.82) is 0 Å². The van der Waals surface area contributed by atoms with E-state index in [4.69, 9.17) is 5.11 Å². The predicted octanol–water partition coefficient (Wildman–Crippen LogP) is 0.962. The zero-order valence-electron chi connectivity index (χ0n) is 10.8. The first-order valence-corrected chi connectivity index (χ1v) is 6.46. The van der Waals surface area contributed by atoms with Crippen LogP contribution in [0.3, 0.4) is 0 Å². The lowest BCUT2D eigenvalue weighted by Gasteiger charge is -2.24. The van der Waals surface area contributed by atoms with Crippen molar-refractivity contribution in [1.82, 2.24) is 9.80 Å². The summed E-state index contributed by atoms with van der Waals surface area (Å²) in [5.41, 5.74) is 0. The third-order valence-electron chi connectivity index (χ3n) is 3.06. The largest absolute Gasteiger partial charge is 0.480 e. The fourth-order valence-corrected chi connectivity index (χ4v) is 2.17. The monoisotopic (exact) mass is 254 g/mol. The van der Waals surface area contributed by atoms with Crippen molar-refractivity contribution in [3.63, 3.8) is 0 Å². The number of hydrogen-bond acceptors (Lipinski definition) is 3. The maximum absolute atomic E-state index is 12.1. The highest BCUT2D eigenvalue weighted by atomic mass is 16.4. The van der Waals surface area contributed by atoms with Crippen LogP contribution in [0.1, 0.15) is 25.7 Å². The molecule has 0 bridgehead atoms. The quantitative estimate of drug-likeness (QED) is 0.717. The zero-order valence-corrected chi connectivity index (χ0v) is 10.8. The highest BCUT2D eigenvalue weighted by molar-refractivity contribution is 5.79. The first kappa shape index (κ1) is 14.7. The topological polar surface area (TPSA) is 60.9 Å².